The third-order valence-electron chi connectivity index (χ3n) is 13.1. The predicted molar refractivity (Wildman–Crippen MR) is 273 cm³/mol. The molecule has 0 spiro atoms. The maximum atomic E-state index is 15.0. The number of hydrogen-bond donors (Lipinski definition) is 0. The molecule has 0 saturated carbocycles. The summed E-state index contributed by atoms with van der Waals surface area (Å²) in [6, 6.07) is 59.2. The maximum Gasteiger partial charge on any atom is 0.416 e. The molecule has 3 aromatic heterocycles. The van der Waals surface area contributed by atoms with Crippen molar-refractivity contribution in [3.63, 3.8) is 0 Å². The predicted octanol–water partition coefficient (Wildman–Crippen LogP) is 16.3. The molecule has 3 heterocycles. The van der Waals surface area contributed by atoms with Crippen molar-refractivity contribution in [2.24, 2.45) is 0 Å². The maximum absolute atomic E-state index is 15.0. The van der Waals surface area contributed by atoms with Crippen LogP contribution in [-0.2, 0) is 17.0 Å². The normalized spacial score (nSPS) is 12.5. The smallest absolute Gasteiger partial charge is 0.309 e. The first-order chi connectivity index (χ1) is 32.6. The Morgan fingerprint density at radius 1 is 0.338 bits per heavy atom. The van der Waals surface area contributed by atoms with Gasteiger partial charge in [-0.15, -0.1) is 0 Å². The number of rotatable bonds is 6. The van der Waals surface area contributed by atoms with Crippen molar-refractivity contribution < 1.29 is 13.2 Å². The Hall–Kier alpha value is -7.84. The fourth-order valence-corrected chi connectivity index (χ4v) is 9.54. The second-order valence-corrected chi connectivity index (χ2v) is 19.7. The van der Waals surface area contributed by atoms with Crippen LogP contribution in [0.25, 0.3) is 100 Å². The van der Waals surface area contributed by atoms with Gasteiger partial charge in [-0.1, -0.05) is 169 Å². The molecule has 0 unspecified atom stereocenters. The van der Waals surface area contributed by atoms with Crippen LogP contribution in [0, 0.1) is 0 Å². The number of para-hydroxylation sites is 2. The van der Waals surface area contributed by atoms with Crippen molar-refractivity contribution in [3.8, 4) is 56.7 Å². The van der Waals surface area contributed by atoms with E-state index in [0.29, 0.717) is 28.7 Å². The zero-order valence-corrected chi connectivity index (χ0v) is 38.7. The van der Waals surface area contributed by atoms with Gasteiger partial charge in [0.15, 0.2) is 17.5 Å². The van der Waals surface area contributed by atoms with Gasteiger partial charge in [0.05, 0.1) is 39.0 Å². The van der Waals surface area contributed by atoms with Gasteiger partial charge in [0, 0.05) is 49.4 Å². The largest absolute Gasteiger partial charge is 0.416 e. The Morgan fingerprint density at radius 3 is 1.18 bits per heavy atom. The zero-order valence-electron chi connectivity index (χ0n) is 38.7. The highest BCUT2D eigenvalue weighted by Gasteiger charge is 2.33. The topological polar surface area (TPSA) is 48.5 Å². The molecule has 0 aliphatic heterocycles. The first-order valence-electron chi connectivity index (χ1n) is 22.9. The third-order valence-corrected chi connectivity index (χ3v) is 13.1. The van der Waals surface area contributed by atoms with E-state index in [1.54, 1.807) is 6.07 Å². The number of benzene rings is 8. The molecule has 0 aliphatic rings. The van der Waals surface area contributed by atoms with Crippen LogP contribution in [-0.4, -0.2) is 24.1 Å². The van der Waals surface area contributed by atoms with Gasteiger partial charge in [-0.3, -0.25) is 0 Å². The Balaban J connectivity index is 1.25. The number of hydrogen-bond acceptors (Lipinski definition) is 3. The summed E-state index contributed by atoms with van der Waals surface area (Å²) in [5.74, 6) is 1.52. The molecule has 8 aromatic carbocycles. The van der Waals surface area contributed by atoms with E-state index in [-0.39, 0.29) is 10.8 Å². The second-order valence-electron chi connectivity index (χ2n) is 19.7. The average Bonchev–Trinajstić information content (AvgIpc) is 3.85. The Bertz CT molecular complexity index is 3680. The lowest BCUT2D eigenvalue weighted by Crippen LogP contribution is -2.11. The lowest BCUT2D eigenvalue weighted by atomic mass is 9.86. The van der Waals surface area contributed by atoms with Crippen molar-refractivity contribution >= 4 is 43.6 Å². The fourth-order valence-electron chi connectivity index (χ4n) is 9.54. The highest BCUT2D eigenvalue weighted by atomic mass is 19.4. The van der Waals surface area contributed by atoms with Crippen molar-refractivity contribution in [3.05, 3.63) is 199 Å². The van der Waals surface area contributed by atoms with Crippen LogP contribution < -0.4 is 0 Å². The van der Waals surface area contributed by atoms with E-state index in [9.17, 15) is 0 Å². The second kappa shape index (κ2) is 15.9. The lowest BCUT2D eigenvalue weighted by molar-refractivity contribution is -0.137. The number of alkyl halides is 3. The Kier molecular flexibility index (Phi) is 10.0. The molecule has 334 valence electrons. The molecule has 0 N–H and O–H groups in total. The number of fused-ring (bicyclic) bond motifs is 6. The first kappa shape index (κ1) is 42.8. The number of nitrogens with zero attached hydrogens (tertiary/aromatic N) is 5. The average molecular weight is 896 g/mol. The van der Waals surface area contributed by atoms with Crippen LogP contribution in [0.3, 0.4) is 0 Å². The lowest BCUT2D eigenvalue weighted by Gasteiger charge is -2.22. The SMILES string of the molecule is CC(C)(C)c1ccc2c(c1)c1ccccc1n2-c1cc(-c2nc(-c3ccccc3)nc(-c3ccccc3)n2)ccc1-c1ccc(C(F)(F)F)cc1-n1c2ccccc2c2cc(C(C)(C)C)ccc21. The van der Waals surface area contributed by atoms with Crippen molar-refractivity contribution in [1.82, 2.24) is 24.1 Å². The number of halogens is 3. The molecule has 0 bridgehead atoms. The molecule has 11 aromatic rings. The molecular formula is C60H48F3N5. The minimum absolute atomic E-state index is 0.112. The van der Waals surface area contributed by atoms with E-state index < -0.39 is 11.7 Å². The van der Waals surface area contributed by atoms with Crippen molar-refractivity contribution in [2.75, 3.05) is 0 Å². The summed E-state index contributed by atoms with van der Waals surface area (Å²) in [5.41, 5.74) is 9.84. The van der Waals surface area contributed by atoms with Crippen LogP contribution in [0.4, 0.5) is 13.2 Å². The van der Waals surface area contributed by atoms with Crippen molar-refractivity contribution in [2.45, 2.75) is 58.5 Å². The van der Waals surface area contributed by atoms with E-state index >= 15 is 13.2 Å². The van der Waals surface area contributed by atoms with Crippen LogP contribution in [0.2, 0.25) is 0 Å². The molecule has 0 aliphatic carbocycles. The van der Waals surface area contributed by atoms with Crippen LogP contribution in [0.1, 0.15) is 58.2 Å². The molecule has 0 amide bonds. The zero-order chi connectivity index (χ0) is 47.1. The van der Waals surface area contributed by atoms with Gasteiger partial charge in [-0.05, 0) is 76.6 Å². The summed E-state index contributed by atoms with van der Waals surface area (Å²) in [6.07, 6.45) is -4.60. The summed E-state index contributed by atoms with van der Waals surface area (Å²) in [4.78, 5) is 15.2. The van der Waals surface area contributed by atoms with Gasteiger partial charge in [-0.25, -0.2) is 15.0 Å². The Labute approximate surface area is 393 Å². The molecule has 5 nitrogen and oxygen atoms in total. The quantitative estimate of drug-likeness (QED) is 0.167. The standard InChI is InChI=1S/C60H48F3N5/c1-58(2,3)40-27-31-51-47(34-40)43-21-13-15-23-49(43)67(51)53-33-39(57-65-55(37-17-9-7-10-18-37)64-56(66-57)38-19-11-8-12-20-38)25-29-45(53)46-30-26-42(60(61,62)63)36-54(46)68-50-24-16-14-22-44(50)48-35-41(59(4,5)6)28-32-52(48)68/h7-36H,1-6H3. The van der Waals surface area contributed by atoms with Crippen LogP contribution in [0.15, 0.2) is 182 Å². The van der Waals surface area contributed by atoms with E-state index in [4.69, 9.17) is 15.0 Å². The van der Waals surface area contributed by atoms with Gasteiger partial charge < -0.3 is 9.13 Å². The minimum Gasteiger partial charge on any atom is -0.309 e. The minimum atomic E-state index is -4.60. The summed E-state index contributed by atoms with van der Waals surface area (Å²) < 4.78 is 49.4. The molecule has 0 atom stereocenters. The van der Waals surface area contributed by atoms with Gasteiger partial charge >= 0.3 is 6.18 Å². The van der Waals surface area contributed by atoms with Gasteiger partial charge in [0.2, 0.25) is 0 Å². The summed E-state index contributed by atoms with van der Waals surface area (Å²) in [6.45, 7) is 13.1. The molecule has 0 saturated heterocycles. The van der Waals surface area contributed by atoms with E-state index in [1.165, 1.54) is 17.7 Å². The van der Waals surface area contributed by atoms with E-state index in [2.05, 4.69) is 113 Å². The fraction of sp³-hybridized carbons (Fsp3) is 0.150. The monoisotopic (exact) mass is 895 g/mol. The number of aromatic nitrogens is 5. The van der Waals surface area contributed by atoms with Gasteiger partial charge in [-0.2, -0.15) is 13.2 Å². The van der Waals surface area contributed by atoms with Gasteiger partial charge in [0.25, 0.3) is 0 Å². The Morgan fingerprint density at radius 2 is 0.721 bits per heavy atom. The van der Waals surface area contributed by atoms with Crippen LogP contribution in [0.5, 0.6) is 0 Å². The highest BCUT2D eigenvalue weighted by molar-refractivity contribution is 6.12. The molecular weight excluding hydrogens is 848 g/mol. The molecule has 0 radical (unpaired) electrons. The first-order valence-corrected chi connectivity index (χ1v) is 22.9. The van der Waals surface area contributed by atoms with Gasteiger partial charge in [0.1, 0.15) is 0 Å². The van der Waals surface area contributed by atoms with Crippen molar-refractivity contribution in [1.29, 1.82) is 0 Å². The molecule has 68 heavy (non-hydrogen) atoms. The van der Waals surface area contributed by atoms with E-state index in [1.807, 2.05) is 102 Å². The summed E-state index contributed by atoms with van der Waals surface area (Å²) in [7, 11) is 0. The van der Waals surface area contributed by atoms with Crippen LogP contribution >= 0.6 is 0 Å². The summed E-state index contributed by atoms with van der Waals surface area (Å²) >= 11 is 0. The summed E-state index contributed by atoms with van der Waals surface area (Å²) in [5, 5.41) is 4.07. The molecule has 8 heteroatoms. The third kappa shape index (κ3) is 7.41. The highest BCUT2D eigenvalue weighted by Crippen LogP contribution is 2.45. The molecule has 0 fully saturated rings. The van der Waals surface area contributed by atoms with E-state index in [0.717, 1.165) is 77.1 Å². The molecule has 11 rings (SSSR count).